The predicted molar refractivity (Wildman–Crippen MR) is 93.4 cm³/mol. The molecule has 3 rings (SSSR count). The molecule has 0 fully saturated rings. The van der Waals surface area contributed by atoms with E-state index in [2.05, 4.69) is 19.9 Å². The van der Waals surface area contributed by atoms with Crippen molar-refractivity contribution in [3.63, 3.8) is 0 Å². The number of methoxy groups -OCH3 is 1. The van der Waals surface area contributed by atoms with Gasteiger partial charge in [0.1, 0.15) is 12.3 Å². The molecule has 0 amide bonds. The Hall–Kier alpha value is -3.55. The second-order valence-electron chi connectivity index (χ2n) is 5.58. The zero-order chi connectivity index (χ0) is 19.1. The highest BCUT2D eigenvalue weighted by Crippen LogP contribution is 2.13. The monoisotopic (exact) mass is 367 g/mol. The molecule has 0 spiro atoms. The van der Waals surface area contributed by atoms with Gasteiger partial charge in [0.25, 0.3) is 0 Å². The number of carbonyl (C=O) groups is 2. The number of aromatic nitrogens is 3. The van der Waals surface area contributed by atoms with Gasteiger partial charge in [-0.15, -0.1) is 0 Å². The lowest BCUT2D eigenvalue weighted by molar-refractivity contribution is -0.145. The molecule has 0 unspecified atom stereocenters. The van der Waals surface area contributed by atoms with Crippen molar-refractivity contribution in [2.45, 2.75) is 19.4 Å². The normalized spacial score (nSPS) is 10.4. The van der Waals surface area contributed by atoms with Crippen molar-refractivity contribution in [3.05, 3.63) is 65.7 Å². The van der Waals surface area contributed by atoms with Crippen molar-refractivity contribution in [1.82, 2.24) is 15.1 Å². The third-order valence-electron chi connectivity index (χ3n) is 3.68. The summed E-state index contributed by atoms with van der Waals surface area (Å²) in [6.07, 6.45) is 2.03. The number of rotatable bonds is 7. The van der Waals surface area contributed by atoms with Gasteiger partial charge in [-0.05, 0) is 29.8 Å². The van der Waals surface area contributed by atoms with Crippen LogP contribution in [0.5, 0.6) is 0 Å². The average Bonchev–Trinajstić information content (AvgIpc) is 3.20. The average molecular weight is 367 g/mol. The molecule has 0 aliphatic rings. The Morgan fingerprint density at radius 1 is 1.11 bits per heavy atom. The Balaban J connectivity index is 1.46. The summed E-state index contributed by atoms with van der Waals surface area (Å²) >= 11 is 0. The van der Waals surface area contributed by atoms with Gasteiger partial charge in [-0.3, -0.25) is 9.78 Å². The Labute approximate surface area is 155 Å². The number of ether oxygens (including phenoxy) is 2. The highest BCUT2D eigenvalue weighted by Gasteiger charge is 2.12. The van der Waals surface area contributed by atoms with Crippen molar-refractivity contribution < 1.29 is 23.6 Å². The number of esters is 2. The number of benzene rings is 1. The molecule has 27 heavy (non-hydrogen) atoms. The van der Waals surface area contributed by atoms with Gasteiger partial charge in [-0.1, -0.05) is 23.4 Å². The minimum atomic E-state index is -0.414. The van der Waals surface area contributed by atoms with Crippen LogP contribution >= 0.6 is 0 Å². The molecule has 2 aromatic heterocycles. The molecule has 0 saturated carbocycles. The first-order valence-corrected chi connectivity index (χ1v) is 8.22. The van der Waals surface area contributed by atoms with Gasteiger partial charge in [0, 0.05) is 12.6 Å². The number of pyridine rings is 1. The van der Waals surface area contributed by atoms with Crippen LogP contribution in [0, 0.1) is 0 Å². The first kappa shape index (κ1) is 18.2. The van der Waals surface area contributed by atoms with Crippen LogP contribution in [0.4, 0.5) is 0 Å². The van der Waals surface area contributed by atoms with Crippen LogP contribution in [-0.2, 0) is 27.3 Å². The third kappa shape index (κ3) is 4.97. The highest BCUT2D eigenvalue weighted by atomic mass is 16.5. The molecule has 8 heteroatoms. The Morgan fingerprint density at radius 3 is 2.63 bits per heavy atom. The van der Waals surface area contributed by atoms with Gasteiger partial charge in [0.05, 0.1) is 19.1 Å². The molecule has 2 heterocycles. The second-order valence-corrected chi connectivity index (χ2v) is 5.58. The van der Waals surface area contributed by atoms with Gasteiger partial charge < -0.3 is 14.0 Å². The fraction of sp³-hybridized carbons (Fsp3) is 0.211. The zero-order valence-corrected chi connectivity index (χ0v) is 14.6. The van der Waals surface area contributed by atoms with Crippen molar-refractivity contribution in [1.29, 1.82) is 0 Å². The lowest BCUT2D eigenvalue weighted by atomic mass is 10.1. The first-order valence-electron chi connectivity index (χ1n) is 8.22. The topological polar surface area (TPSA) is 104 Å². The second kappa shape index (κ2) is 8.70. The molecule has 8 nitrogen and oxygen atoms in total. The summed E-state index contributed by atoms with van der Waals surface area (Å²) in [6, 6.07) is 12.0. The maximum atomic E-state index is 11.9. The van der Waals surface area contributed by atoms with E-state index in [0.29, 0.717) is 23.0 Å². The van der Waals surface area contributed by atoms with Crippen LogP contribution in [0.15, 0.2) is 53.2 Å². The van der Waals surface area contributed by atoms with Crippen LogP contribution < -0.4 is 0 Å². The van der Waals surface area contributed by atoms with Gasteiger partial charge in [-0.25, -0.2) is 4.79 Å². The molecule has 0 radical (unpaired) electrons. The largest absolute Gasteiger partial charge is 0.465 e. The van der Waals surface area contributed by atoms with Crippen molar-refractivity contribution in [2.75, 3.05) is 7.11 Å². The molecule has 138 valence electrons. The van der Waals surface area contributed by atoms with Gasteiger partial charge >= 0.3 is 11.9 Å². The summed E-state index contributed by atoms with van der Waals surface area (Å²) < 4.78 is 15.0. The fourth-order valence-corrected chi connectivity index (χ4v) is 2.26. The summed E-state index contributed by atoms with van der Waals surface area (Å²) in [7, 11) is 1.32. The molecule has 1 aromatic carbocycles. The zero-order valence-electron chi connectivity index (χ0n) is 14.6. The predicted octanol–water partition coefficient (Wildman–Crippen LogP) is 2.59. The van der Waals surface area contributed by atoms with Crippen molar-refractivity contribution in [2.24, 2.45) is 0 Å². The number of nitrogens with zero attached hydrogens (tertiary/aromatic N) is 3. The SMILES string of the molecule is COC(=O)c1ccc(COC(=O)CCc2nc(-c3ccccn3)no2)cc1. The standard InChI is InChI=1S/C19H17N3O5/c1-25-19(24)14-7-5-13(6-8-14)12-26-17(23)10-9-16-21-18(22-27-16)15-4-2-3-11-20-15/h2-8,11H,9-10,12H2,1H3. The lowest BCUT2D eigenvalue weighted by Gasteiger charge is -2.05. The van der Waals surface area contributed by atoms with E-state index in [1.807, 2.05) is 6.07 Å². The minimum Gasteiger partial charge on any atom is -0.465 e. The van der Waals surface area contributed by atoms with Crippen LogP contribution in [-0.4, -0.2) is 34.2 Å². The summed E-state index contributed by atoms with van der Waals surface area (Å²) in [6.45, 7) is 0.114. The van der Waals surface area contributed by atoms with Crippen molar-refractivity contribution >= 4 is 11.9 Å². The van der Waals surface area contributed by atoms with E-state index in [1.165, 1.54) is 7.11 Å². The van der Waals surface area contributed by atoms with E-state index in [9.17, 15) is 9.59 Å². The van der Waals surface area contributed by atoms with Gasteiger partial charge in [-0.2, -0.15) is 4.98 Å². The lowest BCUT2D eigenvalue weighted by Crippen LogP contribution is -2.06. The first-order chi connectivity index (χ1) is 13.2. The Kier molecular flexibility index (Phi) is 5.88. The summed E-state index contributed by atoms with van der Waals surface area (Å²) in [4.78, 5) is 31.6. The summed E-state index contributed by atoms with van der Waals surface area (Å²) in [5, 5.41) is 3.85. The molecule has 0 saturated heterocycles. The maximum absolute atomic E-state index is 11.9. The van der Waals surface area contributed by atoms with E-state index in [-0.39, 0.29) is 25.4 Å². The van der Waals surface area contributed by atoms with Gasteiger partial charge in [0.2, 0.25) is 11.7 Å². The van der Waals surface area contributed by atoms with Crippen molar-refractivity contribution in [3.8, 4) is 11.5 Å². The molecule has 0 atom stereocenters. The van der Waals surface area contributed by atoms with Crippen LogP contribution in [0.1, 0.15) is 28.2 Å². The molecule has 3 aromatic rings. The van der Waals surface area contributed by atoms with E-state index < -0.39 is 5.97 Å². The van der Waals surface area contributed by atoms with Crippen LogP contribution in [0.25, 0.3) is 11.5 Å². The Bertz CT molecular complexity index is 907. The molecular weight excluding hydrogens is 350 g/mol. The van der Waals surface area contributed by atoms with E-state index >= 15 is 0 Å². The number of carbonyl (C=O) groups excluding carboxylic acids is 2. The molecule has 0 bridgehead atoms. The van der Waals surface area contributed by atoms with E-state index in [1.54, 1.807) is 42.6 Å². The van der Waals surface area contributed by atoms with Gasteiger partial charge in [0.15, 0.2) is 0 Å². The smallest absolute Gasteiger partial charge is 0.337 e. The maximum Gasteiger partial charge on any atom is 0.337 e. The quantitative estimate of drug-likeness (QED) is 0.587. The summed E-state index contributed by atoms with van der Waals surface area (Å²) in [5.41, 5.74) is 1.81. The van der Waals surface area contributed by atoms with E-state index in [4.69, 9.17) is 9.26 Å². The van der Waals surface area contributed by atoms with E-state index in [0.717, 1.165) is 5.56 Å². The van der Waals surface area contributed by atoms with Crippen LogP contribution in [0.2, 0.25) is 0 Å². The number of hydrogen-bond donors (Lipinski definition) is 0. The number of aryl methyl sites for hydroxylation is 1. The molecular formula is C19H17N3O5. The molecule has 0 N–H and O–H groups in total. The molecule has 0 aliphatic carbocycles. The third-order valence-corrected chi connectivity index (χ3v) is 3.68. The Morgan fingerprint density at radius 2 is 1.93 bits per heavy atom. The molecule has 0 aliphatic heterocycles. The highest BCUT2D eigenvalue weighted by molar-refractivity contribution is 5.89. The van der Waals surface area contributed by atoms with Crippen LogP contribution in [0.3, 0.4) is 0 Å². The summed E-state index contributed by atoms with van der Waals surface area (Å²) in [5.74, 6) is -0.0764. The number of hydrogen-bond acceptors (Lipinski definition) is 8. The minimum absolute atomic E-state index is 0.114. The fourth-order valence-electron chi connectivity index (χ4n) is 2.26.